The molecule has 1 saturated heterocycles. The maximum Gasteiger partial charge on any atom is 0.0635 e. The number of pyridine rings is 1. The van der Waals surface area contributed by atoms with E-state index in [0.29, 0.717) is 12.5 Å². The first-order valence-electron chi connectivity index (χ1n) is 5.85. The van der Waals surface area contributed by atoms with Crippen molar-refractivity contribution < 1.29 is 0 Å². The summed E-state index contributed by atoms with van der Waals surface area (Å²) in [5.74, 6) is 0. The zero-order valence-electron chi connectivity index (χ0n) is 9.69. The Hall–Kier alpha value is -1.40. The Kier molecular flexibility index (Phi) is 3.53. The summed E-state index contributed by atoms with van der Waals surface area (Å²) in [6, 6.07) is 6.92. The van der Waals surface area contributed by atoms with Crippen molar-refractivity contribution in [3.05, 3.63) is 29.6 Å². The van der Waals surface area contributed by atoms with E-state index < -0.39 is 0 Å². The minimum atomic E-state index is 0.474. The molecule has 0 amide bonds. The molecule has 1 aromatic rings. The standard InChI is InChI=1S/C13H17N3/c1-11-5-6-12(10-15-11)13-4-2-8-16(13)9-3-7-14/h5-6,10,13H,2-4,8-9H2,1H3/t13-/m0/s1. The van der Waals surface area contributed by atoms with Gasteiger partial charge in [-0.1, -0.05) is 6.07 Å². The van der Waals surface area contributed by atoms with E-state index in [1.807, 2.05) is 13.1 Å². The summed E-state index contributed by atoms with van der Waals surface area (Å²) in [5.41, 5.74) is 2.35. The predicted molar refractivity (Wildman–Crippen MR) is 62.8 cm³/mol. The molecule has 1 atom stereocenters. The molecule has 0 radical (unpaired) electrons. The van der Waals surface area contributed by atoms with E-state index in [1.165, 1.54) is 18.4 Å². The maximum absolute atomic E-state index is 8.63. The van der Waals surface area contributed by atoms with E-state index in [1.54, 1.807) is 0 Å². The van der Waals surface area contributed by atoms with Crippen LogP contribution < -0.4 is 0 Å². The summed E-state index contributed by atoms with van der Waals surface area (Å²) < 4.78 is 0. The van der Waals surface area contributed by atoms with Crippen LogP contribution in [-0.2, 0) is 0 Å². The summed E-state index contributed by atoms with van der Waals surface area (Å²) >= 11 is 0. The number of likely N-dealkylation sites (tertiary alicyclic amines) is 1. The van der Waals surface area contributed by atoms with Gasteiger partial charge in [-0.3, -0.25) is 9.88 Å². The molecule has 0 N–H and O–H groups in total. The highest BCUT2D eigenvalue weighted by Gasteiger charge is 2.25. The summed E-state index contributed by atoms with van der Waals surface area (Å²) in [6.07, 6.45) is 5.01. The van der Waals surface area contributed by atoms with Crippen LogP contribution in [-0.4, -0.2) is 23.0 Å². The molecule has 2 rings (SSSR count). The molecular weight excluding hydrogens is 198 g/mol. The van der Waals surface area contributed by atoms with Crippen LogP contribution in [0.5, 0.6) is 0 Å². The Balaban J connectivity index is 2.07. The summed E-state index contributed by atoms with van der Waals surface area (Å²) in [6.45, 7) is 4.00. The minimum Gasteiger partial charge on any atom is -0.295 e. The van der Waals surface area contributed by atoms with Gasteiger partial charge in [0.2, 0.25) is 0 Å². The number of rotatable bonds is 3. The van der Waals surface area contributed by atoms with Gasteiger partial charge in [0, 0.05) is 30.9 Å². The normalized spacial score (nSPS) is 20.9. The van der Waals surface area contributed by atoms with Gasteiger partial charge in [0.05, 0.1) is 6.07 Å². The van der Waals surface area contributed by atoms with Gasteiger partial charge in [-0.05, 0) is 37.9 Å². The Bertz CT molecular complexity index is 377. The zero-order valence-corrected chi connectivity index (χ0v) is 9.69. The number of nitriles is 1. The molecule has 0 bridgehead atoms. The first kappa shape index (κ1) is 11.1. The molecule has 0 aliphatic carbocycles. The maximum atomic E-state index is 8.63. The monoisotopic (exact) mass is 215 g/mol. The van der Waals surface area contributed by atoms with Gasteiger partial charge in [-0.25, -0.2) is 0 Å². The highest BCUT2D eigenvalue weighted by atomic mass is 15.2. The van der Waals surface area contributed by atoms with Gasteiger partial charge in [0.1, 0.15) is 0 Å². The summed E-state index contributed by atoms with van der Waals surface area (Å²) in [4.78, 5) is 6.75. The summed E-state index contributed by atoms with van der Waals surface area (Å²) in [7, 11) is 0. The van der Waals surface area contributed by atoms with Crippen LogP contribution in [0.4, 0.5) is 0 Å². The average molecular weight is 215 g/mol. The zero-order chi connectivity index (χ0) is 11.4. The van der Waals surface area contributed by atoms with Crippen LogP contribution in [0.1, 0.15) is 36.6 Å². The first-order chi connectivity index (χ1) is 7.81. The van der Waals surface area contributed by atoms with Crippen LogP contribution in [0.15, 0.2) is 18.3 Å². The molecule has 1 aliphatic rings. The highest BCUT2D eigenvalue weighted by molar-refractivity contribution is 5.18. The van der Waals surface area contributed by atoms with Crippen molar-refractivity contribution >= 4 is 0 Å². The fourth-order valence-electron chi connectivity index (χ4n) is 2.34. The topological polar surface area (TPSA) is 39.9 Å². The molecular formula is C13H17N3. The lowest BCUT2D eigenvalue weighted by Gasteiger charge is -2.23. The molecule has 0 aromatic carbocycles. The number of hydrogen-bond acceptors (Lipinski definition) is 3. The minimum absolute atomic E-state index is 0.474. The quantitative estimate of drug-likeness (QED) is 0.777. The molecule has 3 heteroatoms. The molecule has 1 aliphatic heterocycles. The third-order valence-corrected chi connectivity index (χ3v) is 3.19. The molecule has 0 spiro atoms. The Labute approximate surface area is 96.7 Å². The third kappa shape index (κ3) is 2.40. The highest BCUT2D eigenvalue weighted by Crippen LogP contribution is 2.31. The smallest absolute Gasteiger partial charge is 0.0635 e. The SMILES string of the molecule is Cc1ccc([C@@H]2CCCN2CCC#N)cn1. The van der Waals surface area contributed by atoms with E-state index in [9.17, 15) is 0 Å². The van der Waals surface area contributed by atoms with E-state index >= 15 is 0 Å². The average Bonchev–Trinajstić information content (AvgIpc) is 2.75. The lowest BCUT2D eigenvalue weighted by atomic mass is 10.1. The lowest BCUT2D eigenvalue weighted by Crippen LogP contribution is -2.24. The fourth-order valence-corrected chi connectivity index (χ4v) is 2.34. The number of nitrogens with zero attached hydrogens (tertiary/aromatic N) is 3. The molecule has 84 valence electrons. The van der Waals surface area contributed by atoms with Gasteiger partial charge >= 0.3 is 0 Å². The molecule has 1 aromatic heterocycles. The van der Waals surface area contributed by atoms with Gasteiger partial charge in [0.15, 0.2) is 0 Å². The van der Waals surface area contributed by atoms with Crippen molar-refractivity contribution in [2.24, 2.45) is 0 Å². The second-order valence-corrected chi connectivity index (χ2v) is 4.34. The molecule has 2 heterocycles. The number of aromatic nitrogens is 1. The van der Waals surface area contributed by atoms with Gasteiger partial charge in [0.25, 0.3) is 0 Å². The van der Waals surface area contributed by atoms with Gasteiger partial charge < -0.3 is 0 Å². The lowest BCUT2D eigenvalue weighted by molar-refractivity contribution is 0.263. The third-order valence-electron chi connectivity index (χ3n) is 3.19. The summed E-state index contributed by atoms with van der Waals surface area (Å²) in [5, 5.41) is 8.63. The van der Waals surface area contributed by atoms with Crippen LogP contribution in [0.25, 0.3) is 0 Å². The second kappa shape index (κ2) is 5.09. The second-order valence-electron chi connectivity index (χ2n) is 4.34. The molecule has 3 nitrogen and oxygen atoms in total. The number of aryl methyl sites for hydroxylation is 1. The Morgan fingerprint density at radius 2 is 2.44 bits per heavy atom. The van der Waals surface area contributed by atoms with Crippen LogP contribution in [0, 0.1) is 18.3 Å². The van der Waals surface area contributed by atoms with Crippen molar-refractivity contribution in [2.75, 3.05) is 13.1 Å². The van der Waals surface area contributed by atoms with E-state index in [4.69, 9.17) is 5.26 Å². The van der Waals surface area contributed by atoms with E-state index in [0.717, 1.165) is 18.8 Å². The van der Waals surface area contributed by atoms with Crippen molar-refractivity contribution in [2.45, 2.75) is 32.2 Å². The van der Waals surface area contributed by atoms with Crippen molar-refractivity contribution in [3.63, 3.8) is 0 Å². The predicted octanol–water partition coefficient (Wildman–Crippen LogP) is 2.44. The first-order valence-corrected chi connectivity index (χ1v) is 5.85. The van der Waals surface area contributed by atoms with Crippen molar-refractivity contribution in [1.82, 2.24) is 9.88 Å². The Morgan fingerprint density at radius 1 is 1.56 bits per heavy atom. The van der Waals surface area contributed by atoms with E-state index in [-0.39, 0.29) is 0 Å². The van der Waals surface area contributed by atoms with Crippen LogP contribution in [0.2, 0.25) is 0 Å². The van der Waals surface area contributed by atoms with Gasteiger partial charge in [-0.2, -0.15) is 5.26 Å². The fraction of sp³-hybridized carbons (Fsp3) is 0.538. The molecule has 0 saturated carbocycles. The van der Waals surface area contributed by atoms with Crippen molar-refractivity contribution in [1.29, 1.82) is 5.26 Å². The van der Waals surface area contributed by atoms with Crippen molar-refractivity contribution in [3.8, 4) is 6.07 Å². The molecule has 0 unspecified atom stereocenters. The number of hydrogen-bond donors (Lipinski definition) is 0. The molecule has 1 fully saturated rings. The van der Waals surface area contributed by atoms with Gasteiger partial charge in [-0.15, -0.1) is 0 Å². The van der Waals surface area contributed by atoms with E-state index in [2.05, 4.69) is 28.1 Å². The largest absolute Gasteiger partial charge is 0.295 e. The van der Waals surface area contributed by atoms with Crippen LogP contribution >= 0.6 is 0 Å². The molecule has 16 heavy (non-hydrogen) atoms. The Morgan fingerprint density at radius 3 is 3.12 bits per heavy atom. The van der Waals surface area contributed by atoms with Crippen LogP contribution in [0.3, 0.4) is 0 Å².